The second-order valence-electron chi connectivity index (χ2n) is 3.72. The Labute approximate surface area is 62.2 Å². The summed E-state index contributed by atoms with van der Waals surface area (Å²) in [5.41, 5.74) is 6.48. The molecule has 1 aliphatic carbocycles. The van der Waals surface area contributed by atoms with Crippen molar-refractivity contribution in [1.29, 1.82) is 0 Å². The number of hydrogen-bond donors (Lipinski definition) is 2. The molecule has 1 saturated heterocycles. The molecule has 0 aromatic rings. The fourth-order valence-corrected chi connectivity index (χ4v) is 2.39. The fraction of sp³-hybridized carbons (Fsp3) is 1.00. The van der Waals surface area contributed by atoms with Crippen LogP contribution in [0.4, 0.5) is 0 Å². The molecule has 2 fully saturated rings. The van der Waals surface area contributed by atoms with Gasteiger partial charge in [-0.15, -0.1) is 0 Å². The minimum atomic E-state index is 0.499. The summed E-state index contributed by atoms with van der Waals surface area (Å²) in [6.45, 7) is 3.41. The van der Waals surface area contributed by atoms with Gasteiger partial charge in [0.1, 0.15) is 0 Å². The molecule has 0 aromatic carbocycles. The van der Waals surface area contributed by atoms with Crippen LogP contribution >= 0.6 is 0 Å². The highest BCUT2D eigenvalue weighted by molar-refractivity contribution is 5.12. The summed E-state index contributed by atoms with van der Waals surface area (Å²) in [5.74, 6) is 0. The van der Waals surface area contributed by atoms with Crippen molar-refractivity contribution in [3.05, 3.63) is 0 Å². The van der Waals surface area contributed by atoms with Crippen molar-refractivity contribution < 1.29 is 0 Å². The van der Waals surface area contributed by atoms with Gasteiger partial charge in [-0.1, -0.05) is 6.92 Å². The molecule has 10 heavy (non-hydrogen) atoms. The first-order chi connectivity index (χ1) is 4.79. The maximum atomic E-state index is 5.94. The van der Waals surface area contributed by atoms with Gasteiger partial charge in [0, 0.05) is 24.0 Å². The van der Waals surface area contributed by atoms with Crippen molar-refractivity contribution in [1.82, 2.24) is 5.32 Å². The molecular weight excluding hydrogens is 124 g/mol. The quantitative estimate of drug-likeness (QED) is 0.556. The Kier molecular flexibility index (Phi) is 1.29. The topological polar surface area (TPSA) is 38.0 Å². The van der Waals surface area contributed by atoms with Crippen molar-refractivity contribution in [3.63, 3.8) is 0 Å². The molecule has 1 spiro atoms. The molecule has 58 valence electrons. The van der Waals surface area contributed by atoms with Crippen molar-refractivity contribution in [2.24, 2.45) is 11.1 Å². The van der Waals surface area contributed by atoms with E-state index in [-0.39, 0.29) is 0 Å². The van der Waals surface area contributed by atoms with E-state index >= 15 is 0 Å². The van der Waals surface area contributed by atoms with Crippen LogP contribution in [-0.4, -0.2) is 18.6 Å². The summed E-state index contributed by atoms with van der Waals surface area (Å²) in [5, 5.41) is 3.44. The first-order valence-corrected chi connectivity index (χ1v) is 4.28. The Hall–Kier alpha value is -0.0800. The maximum Gasteiger partial charge on any atom is 0.0148 e. The first-order valence-electron chi connectivity index (χ1n) is 4.28. The number of nitrogens with two attached hydrogens (primary N) is 1. The normalized spacial score (nSPS) is 52.2. The summed E-state index contributed by atoms with van der Waals surface area (Å²) < 4.78 is 0. The molecule has 1 heterocycles. The second-order valence-corrected chi connectivity index (χ2v) is 3.72. The van der Waals surface area contributed by atoms with Gasteiger partial charge in [-0.05, 0) is 19.3 Å². The third-order valence-corrected chi connectivity index (χ3v) is 3.44. The SMILES string of the molecule is CC[C@@H]1NC[C@]12CCC2N. The molecule has 2 nitrogen and oxygen atoms in total. The van der Waals surface area contributed by atoms with E-state index in [0.29, 0.717) is 11.5 Å². The van der Waals surface area contributed by atoms with Crippen LogP contribution in [0.5, 0.6) is 0 Å². The molecule has 0 bridgehead atoms. The Balaban J connectivity index is 2.03. The van der Waals surface area contributed by atoms with Gasteiger partial charge in [0.25, 0.3) is 0 Å². The predicted molar refractivity (Wildman–Crippen MR) is 41.7 cm³/mol. The van der Waals surface area contributed by atoms with Crippen LogP contribution in [0.15, 0.2) is 0 Å². The van der Waals surface area contributed by atoms with Gasteiger partial charge in [0.05, 0.1) is 0 Å². The molecule has 2 heteroatoms. The van der Waals surface area contributed by atoms with Crippen molar-refractivity contribution >= 4 is 0 Å². The largest absolute Gasteiger partial charge is 0.327 e. The highest BCUT2D eigenvalue weighted by Gasteiger charge is 2.54. The smallest absolute Gasteiger partial charge is 0.0148 e. The van der Waals surface area contributed by atoms with Gasteiger partial charge in [-0.25, -0.2) is 0 Å². The average Bonchev–Trinajstić information content (AvgIpc) is 1.84. The minimum absolute atomic E-state index is 0.499. The zero-order valence-electron chi connectivity index (χ0n) is 6.56. The third kappa shape index (κ3) is 0.565. The number of nitrogens with one attached hydrogen (secondary N) is 1. The van der Waals surface area contributed by atoms with Gasteiger partial charge >= 0.3 is 0 Å². The Morgan fingerprint density at radius 1 is 1.70 bits per heavy atom. The number of rotatable bonds is 1. The maximum absolute atomic E-state index is 5.94. The van der Waals surface area contributed by atoms with Gasteiger partial charge in [0.2, 0.25) is 0 Å². The third-order valence-electron chi connectivity index (χ3n) is 3.44. The summed E-state index contributed by atoms with van der Waals surface area (Å²) in [7, 11) is 0. The lowest BCUT2D eigenvalue weighted by atomic mass is 9.55. The van der Waals surface area contributed by atoms with Gasteiger partial charge in [-0.3, -0.25) is 0 Å². The fourth-order valence-electron chi connectivity index (χ4n) is 2.39. The van der Waals surface area contributed by atoms with Gasteiger partial charge in [-0.2, -0.15) is 0 Å². The molecule has 1 unspecified atom stereocenters. The van der Waals surface area contributed by atoms with E-state index < -0.39 is 0 Å². The lowest BCUT2D eigenvalue weighted by molar-refractivity contribution is -0.0300. The first kappa shape index (κ1) is 6.62. The zero-order valence-corrected chi connectivity index (χ0v) is 6.56. The zero-order chi connectivity index (χ0) is 7.19. The van der Waals surface area contributed by atoms with Gasteiger partial charge < -0.3 is 11.1 Å². The van der Waals surface area contributed by atoms with Crippen LogP contribution in [-0.2, 0) is 0 Å². The Bertz CT molecular complexity index is 140. The summed E-state index contributed by atoms with van der Waals surface area (Å²) >= 11 is 0. The van der Waals surface area contributed by atoms with E-state index in [2.05, 4.69) is 12.2 Å². The number of hydrogen-bond acceptors (Lipinski definition) is 2. The van der Waals surface area contributed by atoms with Crippen LogP contribution in [0.1, 0.15) is 26.2 Å². The molecule has 2 aliphatic rings. The molecule has 3 N–H and O–H groups in total. The van der Waals surface area contributed by atoms with E-state index in [9.17, 15) is 0 Å². The van der Waals surface area contributed by atoms with E-state index in [4.69, 9.17) is 5.73 Å². The molecular formula is C8H16N2. The van der Waals surface area contributed by atoms with Crippen LogP contribution in [0, 0.1) is 5.41 Å². The Morgan fingerprint density at radius 3 is 2.60 bits per heavy atom. The molecule has 0 radical (unpaired) electrons. The van der Waals surface area contributed by atoms with E-state index in [1.54, 1.807) is 0 Å². The average molecular weight is 140 g/mol. The van der Waals surface area contributed by atoms with Crippen LogP contribution in [0.2, 0.25) is 0 Å². The summed E-state index contributed by atoms with van der Waals surface area (Å²) in [4.78, 5) is 0. The van der Waals surface area contributed by atoms with E-state index in [1.165, 1.54) is 25.8 Å². The monoisotopic (exact) mass is 140 g/mol. The van der Waals surface area contributed by atoms with Crippen molar-refractivity contribution in [2.45, 2.75) is 38.3 Å². The van der Waals surface area contributed by atoms with Crippen LogP contribution in [0.25, 0.3) is 0 Å². The van der Waals surface area contributed by atoms with Gasteiger partial charge in [0.15, 0.2) is 0 Å². The molecule has 0 amide bonds. The molecule has 1 aliphatic heterocycles. The molecule has 1 saturated carbocycles. The molecule has 0 aromatic heterocycles. The van der Waals surface area contributed by atoms with Crippen LogP contribution < -0.4 is 11.1 Å². The Morgan fingerprint density at radius 2 is 2.50 bits per heavy atom. The van der Waals surface area contributed by atoms with Crippen molar-refractivity contribution in [3.8, 4) is 0 Å². The van der Waals surface area contributed by atoms with E-state index in [1.807, 2.05) is 0 Å². The molecule has 2 rings (SSSR count). The summed E-state index contributed by atoms with van der Waals surface area (Å²) in [6, 6.07) is 1.23. The highest BCUT2D eigenvalue weighted by atomic mass is 15.1. The van der Waals surface area contributed by atoms with Crippen molar-refractivity contribution in [2.75, 3.05) is 6.54 Å². The standard InChI is InChI=1S/C8H16N2/c1-2-7-8(5-10-7)4-3-6(8)9/h6-7,10H,2-5,9H2,1H3/t6?,7-,8-/m0/s1. The lowest BCUT2D eigenvalue weighted by Crippen LogP contribution is -2.73. The summed E-state index contributed by atoms with van der Waals surface area (Å²) in [6.07, 6.45) is 3.85. The second kappa shape index (κ2) is 1.95. The van der Waals surface area contributed by atoms with Crippen LogP contribution in [0.3, 0.4) is 0 Å². The minimum Gasteiger partial charge on any atom is -0.327 e. The van der Waals surface area contributed by atoms with E-state index in [0.717, 1.165) is 6.04 Å². The highest BCUT2D eigenvalue weighted by Crippen LogP contribution is 2.48. The molecule has 3 atom stereocenters. The lowest BCUT2D eigenvalue weighted by Gasteiger charge is -2.60. The predicted octanol–water partition coefficient (Wildman–Crippen LogP) is 0.476.